The Morgan fingerprint density at radius 2 is 1.96 bits per heavy atom. The minimum Gasteiger partial charge on any atom is -0.331 e. The van der Waals surface area contributed by atoms with Gasteiger partial charge in [0.1, 0.15) is 5.82 Å². The monoisotopic (exact) mass is 397 g/mol. The van der Waals surface area contributed by atoms with Gasteiger partial charge in [0, 0.05) is 23.7 Å². The molecule has 28 heavy (non-hydrogen) atoms. The van der Waals surface area contributed by atoms with Gasteiger partial charge in [-0.25, -0.2) is 4.98 Å². The van der Waals surface area contributed by atoms with Crippen LogP contribution >= 0.6 is 11.6 Å². The third-order valence-electron chi connectivity index (χ3n) is 4.90. The first-order chi connectivity index (χ1) is 13.5. The molecule has 0 aliphatic heterocycles. The number of fused-ring (bicyclic) bond motifs is 1. The molecule has 0 spiro atoms. The summed E-state index contributed by atoms with van der Waals surface area (Å²) in [4.78, 5) is 20.0. The van der Waals surface area contributed by atoms with Crippen LogP contribution in [0, 0.1) is 6.92 Å². The van der Waals surface area contributed by atoms with Crippen LogP contribution in [0.2, 0.25) is 5.02 Å². The minimum absolute atomic E-state index is 0.0605. The lowest BCUT2D eigenvalue weighted by molar-refractivity contribution is 0.0734. The van der Waals surface area contributed by atoms with Gasteiger partial charge in [-0.3, -0.25) is 4.79 Å². The van der Waals surface area contributed by atoms with Crippen LogP contribution in [0.3, 0.4) is 0 Å². The second-order valence-corrected chi connectivity index (χ2v) is 7.70. The number of carbonyl (C=O) groups excluding carboxylic acids is 1. The molecule has 0 atom stereocenters. The molecule has 1 heterocycles. The highest BCUT2D eigenvalue weighted by Crippen LogP contribution is 2.23. The number of unbranched alkanes of at least 4 members (excludes halogenated alkanes) is 1. The van der Waals surface area contributed by atoms with Gasteiger partial charge in [0.25, 0.3) is 5.91 Å². The molecule has 3 rings (SSSR count). The summed E-state index contributed by atoms with van der Waals surface area (Å²) in [5.41, 5.74) is 3.78. The number of benzene rings is 2. The molecule has 2 aromatic carbocycles. The first-order valence-corrected chi connectivity index (χ1v) is 10.4. The van der Waals surface area contributed by atoms with Crippen molar-refractivity contribution in [1.82, 2.24) is 14.5 Å². The molecule has 0 saturated heterocycles. The van der Waals surface area contributed by atoms with Crippen LogP contribution in [-0.2, 0) is 13.1 Å². The summed E-state index contributed by atoms with van der Waals surface area (Å²) in [6.07, 6.45) is 3.00. The van der Waals surface area contributed by atoms with E-state index in [2.05, 4.69) is 18.4 Å². The number of carbonyl (C=O) groups is 1. The molecule has 1 aromatic heterocycles. The Kier molecular flexibility index (Phi) is 6.74. The maximum Gasteiger partial charge on any atom is 0.254 e. The summed E-state index contributed by atoms with van der Waals surface area (Å²) < 4.78 is 2.20. The SMILES string of the molecule is CCCCN(Cc1nc2ccc(Cl)cc2n1CCC)C(=O)c1cccc(C)c1. The fourth-order valence-corrected chi connectivity index (χ4v) is 3.64. The van der Waals surface area contributed by atoms with Crippen molar-refractivity contribution in [3.8, 4) is 0 Å². The third-order valence-corrected chi connectivity index (χ3v) is 5.14. The van der Waals surface area contributed by atoms with Gasteiger partial charge in [-0.1, -0.05) is 49.6 Å². The Morgan fingerprint density at radius 1 is 1.14 bits per heavy atom. The van der Waals surface area contributed by atoms with E-state index in [1.54, 1.807) is 0 Å². The van der Waals surface area contributed by atoms with Crippen molar-refractivity contribution < 1.29 is 4.79 Å². The van der Waals surface area contributed by atoms with Crippen LogP contribution in [0.4, 0.5) is 0 Å². The van der Waals surface area contributed by atoms with Gasteiger partial charge in [0.05, 0.1) is 17.6 Å². The fraction of sp³-hybridized carbons (Fsp3) is 0.391. The number of hydrogen-bond donors (Lipinski definition) is 0. The number of amides is 1. The van der Waals surface area contributed by atoms with E-state index in [9.17, 15) is 4.79 Å². The predicted molar refractivity (Wildman–Crippen MR) is 116 cm³/mol. The van der Waals surface area contributed by atoms with E-state index < -0.39 is 0 Å². The lowest BCUT2D eigenvalue weighted by Crippen LogP contribution is -2.32. The van der Waals surface area contributed by atoms with Crippen LogP contribution in [0.15, 0.2) is 42.5 Å². The van der Waals surface area contributed by atoms with E-state index in [4.69, 9.17) is 16.6 Å². The molecule has 1 amide bonds. The summed E-state index contributed by atoms with van der Waals surface area (Å²) in [6.45, 7) is 8.37. The third kappa shape index (κ3) is 4.56. The van der Waals surface area contributed by atoms with Gasteiger partial charge < -0.3 is 9.47 Å². The molecule has 0 radical (unpaired) electrons. The van der Waals surface area contributed by atoms with Gasteiger partial charge in [-0.05, 0) is 50.1 Å². The number of nitrogens with zero attached hydrogens (tertiary/aromatic N) is 3. The molecule has 3 aromatic rings. The highest BCUT2D eigenvalue weighted by molar-refractivity contribution is 6.31. The average molecular weight is 398 g/mol. The smallest absolute Gasteiger partial charge is 0.254 e. The van der Waals surface area contributed by atoms with Gasteiger partial charge in [0.15, 0.2) is 0 Å². The molecule has 0 bridgehead atoms. The molecule has 4 nitrogen and oxygen atoms in total. The van der Waals surface area contributed by atoms with Crippen LogP contribution in [-0.4, -0.2) is 26.9 Å². The second kappa shape index (κ2) is 9.24. The maximum absolute atomic E-state index is 13.2. The zero-order valence-corrected chi connectivity index (χ0v) is 17.7. The molecule has 0 aliphatic carbocycles. The Balaban J connectivity index is 1.96. The van der Waals surface area contributed by atoms with Crippen molar-refractivity contribution in [1.29, 1.82) is 0 Å². The number of halogens is 1. The molecule has 0 N–H and O–H groups in total. The van der Waals surface area contributed by atoms with Gasteiger partial charge in [-0.2, -0.15) is 0 Å². The predicted octanol–water partition coefficient (Wildman–Crippen LogP) is 5.85. The maximum atomic E-state index is 13.2. The van der Waals surface area contributed by atoms with E-state index >= 15 is 0 Å². The number of aromatic nitrogens is 2. The summed E-state index contributed by atoms with van der Waals surface area (Å²) in [6, 6.07) is 13.6. The first kappa shape index (κ1) is 20.4. The fourth-order valence-electron chi connectivity index (χ4n) is 3.47. The molecule has 0 fully saturated rings. The van der Waals surface area contributed by atoms with E-state index in [-0.39, 0.29) is 5.91 Å². The molecule has 0 unspecified atom stereocenters. The summed E-state index contributed by atoms with van der Waals surface area (Å²) in [5.74, 6) is 0.974. The number of rotatable bonds is 8. The molecular formula is C23H28ClN3O. The molecule has 0 aliphatic rings. The van der Waals surface area contributed by atoms with Crippen molar-refractivity contribution in [3.63, 3.8) is 0 Å². The topological polar surface area (TPSA) is 38.1 Å². The molecule has 5 heteroatoms. The minimum atomic E-state index is 0.0605. The zero-order valence-electron chi connectivity index (χ0n) is 16.9. The number of aryl methyl sites for hydroxylation is 2. The largest absolute Gasteiger partial charge is 0.331 e. The number of imidazole rings is 1. The van der Waals surface area contributed by atoms with E-state index in [1.807, 2.05) is 54.3 Å². The Bertz CT molecular complexity index is 964. The lowest BCUT2D eigenvalue weighted by atomic mass is 10.1. The highest BCUT2D eigenvalue weighted by atomic mass is 35.5. The van der Waals surface area contributed by atoms with Gasteiger partial charge in [-0.15, -0.1) is 0 Å². The molecular weight excluding hydrogens is 370 g/mol. The van der Waals surface area contributed by atoms with Gasteiger partial charge in [0.2, 0.25) is 0 Å². The van der Waals surface area contributed by atoms with Crippen LogP contribution in [0.25, 0.3) is 11.0 Å². The molecule has 0 saturated carbocycles. The van der Waals surface area contributed by atoms with E-state index in [1.165, 1.54) is 0 Å². The van der Waals surface area contributed by atoms with E-state index in [0.29, 0.717) is 11.6 Å². The Labute approximate surface area is 172 Å². The van der Waals surface area contributed by atoms with E-state index in [0.717, 1.165) is 60.3 Å². The van der Waals surface area contributed by atoms with Crippen LogP contribution < -0.4 is 0 Å². The van der Waals surface area contributed by atoms with Crippen molar-refractivity contribution in [3.05, 3.63) is 64.4 Å². The average Bonchev–Trinajstić information content (AvgIpc) is 3.01. The Morgan fingerprint density at radius 3 is 2.68 bits per heavy atom. The zero-order chi connectivity index (χ0) is 20.1. The van der Waals surface area contributed by atoms with Gasteiger partial charge >= 0.3 is 0 Å². The van der Waals surface area contributed by atoms with Crippen LogP contribution in [0.1, 0.15) is 54.9 Å². The first-order valence-electron chi connectivity index (χ1n) is 10.0. The summed E-state index contributed by atoms with van der Waals surface area (Å²) >= 11 is 6.21. The van der Waals surface area contributed by atoms with Crippen molar-refractivity contribution in [2.24, 2.45) is 0 Å². The molecule has 148 valence electrons. The van der Waals surface area contributed by atoms with Crippen molar-refractivity contribution in [2.45, 2.75) is 53.1 Å². The van der Waals surface area contributed by atoms with Crippen molar-refractivity contribution >= 4 is 28.5 Å². The quantitative estimate of drug-likeness (QED) is 0.478. The standard InChI is InChI=1S/C23H28ClN3O/c1-4-6-13-26(23(28)18-9-7-8-17(3)14-18)16-22-25-20-11-10-19(24)15-21(20)27(22)12-5-2/h7-11,14-15H,4-6,12-13,16H2,1-3H3. The second-order valence-electron chi connectivity index (χ2n) is 7.26. The number of hydrogen-bond acceptors (Lipinski definition) is 2. The highest BCUT2D eigenvalue weighted by Gasteiger charge is 2.20. The van der Waals surface area contributed by atoms with Crippen molar-refractivity contribution in [2.75, 3.05) is 6.54 Å². The Hall–Kier alpha value is -2.33. The summed E-state index contributed by atoms with van der Waals surface area (Å²) in [7, 11) is 0. The lowest BCUT2D eigenvalue weighted by Gasteiger charge is -2.23. The normalized spacial score (nSPS) is 11.1. The summed E-state index contributed by atoms with van der Waals surface area (Å²) in [5, 5.41) is 0.704. The van der Waals surface area contributed by atoms with Crippen LogP contribution in [0.5, 0.6) is 0 Å².